The van der Waals surface area contributed by atoms with Crippen LogP contribution in [0.5, 0.6) is 0 Å². The molecule has 3 aromatic carbocycles. The van der Waals surface area contributed by atoms with Gasteiger partial charge in [-0.05, 0) is 70.3 Å². The highest BCUT2D eigenvalue weighted by atomic mass is 32.2. The first-order valence-electron chi connectivity index (χ1n) is 18.2. The average molecular weight is 764 g/mol. The summed E-state index contributed by atoms with van der Waals surface area (Å²) in [7, 11) is -3.36. The second-order valence-corrected chi connectivity index (χ2v) is 16.1. The molecule has 10 nitrogen and oxygen atoms in total. The van der Waals surface area contributed by atoms with Crippen molar-refractivity contribution in [2.75, 3.05) is 19.4 Å². The molecule has 0 radical (unpaired) electrons. The number of hydrogen-bond acceptors (Lipinski definition) is 9. The average Bonchev–Trinajstić information content (AvgIpc) is 3.84. The maximum absolute atomic E-state index is 14.6. The lowest BCUT2D eigenvalue weighted by Gasteiger charge is -2.36. The number of sulfone groups is 1. The van der Waals surface area contributed by atoms with E-state index in [1.807, 2.05) is 91.0 Å². The van der Waals surface area contributed by atoms with Gasteiger partial charge in [0.25, 0.3) is 0 Å². The number of rotatable bonds is 11. The summed E-state index contributed by atoms with van der Waals surface area (Å²) in [6.45, 7) is -0.368. The van der Waals surface area contributed by atoms with Crippen molar-refractivity contribution in [1.29, 1.82) is 0 Å². The maximum Gasteiger partial charge on any atom is 0.330 e. The Bertz CT molecular complexity index is 2420. The molecule has 3 aliphatic rings. The fourth-order valence-corrected chi connectivity index (χ4v) is 9.04. The van der Waals surface area contributed by atoms with E-state index in [1.54, 1.807) is 36.7 Å². The van der Waals surface area contributed by atoms with Crippen LogP contribution in [0, 0.1) is 23.7 Å². The zero-order valence-corrected chi connectivity index (χ0v) is 31.1. The number of likely N-dealkylation sites (tertiary alicyclic amines) is 1. The summed E-state index contributed by atoms with van der Waals surface area (Å²) in [4.78, 5) is 52.3. The lowest BCUT2D eigenvalue weighted by atomic mass is 9.71. The molecule has 56 heavy (non-hydrogen) atoms. The van der Waals surface area contributed by atoms with Crippen molar-refractivity contribution in [3.8, 4) is 0 Å². The Labute approximate surface area is 324 Å². The fourth-order valence-electron chi connectivity index (χ4n) is 8.41. The molecule has 1 saturated heterocycles. The van der Waals surface area contributed by atoms with Crippen LogP contribution < -0.4 is 0 Å². The molecule has 11 heteroatoms. The highest BCUT2D eigenvalue weighted by Crippen LogP contribution is 2.64. The van der Waals surface area contributed by atoms with Crippen LogP contribution in [0.2, 0.25) is 0 Å². The first-order valence-corrected chi connectivity index (χ1v) is 20.1. The van der Waals surface area contributed by atoms with Crippen LogP contribution in [-0.4, -0.2) is 65.6 Å². The van der Waals surface area contributed by atoms with E-state index in [4.69, 9.17) is 9.72 Å². The van der Waals surface area contributed by atoms with Gasteiger partial charge < -0.3 is 9.84 Å². The van der Waals surface area contributed by atoms with Gasteiger partial charge in [0.15, 0.2) is 15.4 Å². The summed E-state index contributed by atoms with van der Waals surface area (Å²) in [6, 6.07) is 36.0. The molecule has 5 unspecified atom stereocenters. The van der Waals surface area contributed by atoms with Crippen LogP contribution in [0.1, 0.15) is 28.1 Å². The maximum atomic E-state index is 14.6. The zero-order chi connectivity index (χ0) is 39.0. The largest absolute Gasteiger partial charge is 0.461 e. The van der Waals surface area contributed by atoms with Crippen molar-refractivity contribution < 1.29 is 32.6 Å². The molecule has 2 amide bonds. The summed E-state index contributed by atoms with van der Waals surface area (Å²) in [5, 5.41) is 13.1. The molecule has 2 aromatic heterocycles. The number of imide groups is 1. The number of carbonyl (C=O) groups is 3. The van der Waals surface area contributed by atoms with Crippen LogP contribution in [0.15, 0.2) is 162 Å². The predicted molar refractivity (Wildman–Crippen MR) is 209 cm³/mol. The SMILES string of the molecule is CS(=O)(=O)c1ccc(C=CC(=O)OCCN2C(=O)C3C4C=C(C(O)(c5ccccc5)c5ccccn5)C(C4=C(c4ccccc4)c4ccccn4)C3C2=O)cc1. The predicted octanol–water partition coefficient (Wildman–Crippen LogP) is 5.66. The zero-order valence-electron chi connectivity index (χ0n) is 30.3. The molecule has 2 bridgehead atoms. The minimum Gasteiger partial charge on any atom is -0.461 e. The molecule has 8 rings (SSSR count). The number of fused-ring (bicyclic) bond motifs is 5. The van der Waals surface area contributed by atoms with Crippen LogP contribution >= 0.6 is 0 Å². The summed E-state index contributed by atoms with van der Waals surface area (Å²) in [5.41, 5.74) is 3.58. The lowest BCUT2D eigenvalue weighted by Crippen LogP contribution is -2.39. The summed E-state index contributed by atoms with van der Waals surface area (Å²) < 4.78 is 28.9. The van der Waals surface area contributed by atoms with Crippen molar-refractivity contribution in [2.45, 2.75) is 10.5 Å². The second kappa shape index (κ2) is 14.7. The third kappa shape index (κ3) is 6.48. The van der Waals surface area contributed by atoms with Gasteiger partial charge in [-0.2, -0.15) is 0 Å². The smallest absolute Gasteiger partial charge is 0.330 e. The highest BCUT2D eigenvalue weighted by Gasteiger charge is 2.66. The summed E-state index contributed by atoms with van der Waals surface area (Å²) >= 11 is 0. The number of allylic oxidation sites excluding steroid dienone is 2. The molecule has 1 N–H and O–H groups in total. The van der Waals surface area contributed by atoms with Crippen molar-refractivity contribution in [2.24, 2.45) is 23.7 Å². The van der Waals surface area contributed by atoms with Gasteiger partial charge in [0, 0.05) is 42.1 Å². The monoisotopic (exact) mass is 763 g/mol. The van der Waals surface area contributed by atoms with Gasteiger partial charge in [-0.15, -0.1) is 0 Å². The first kappa shape index (κ1) is 36.7. The molecule has 2 fully saturated rings. The van der Waals surface area contributed by atoms with Crippen molar-refractivity contribution in [3.05, 3.63) is 185 Å². The molecule has 1 saturated carbocycles. The minimum atomic E-state index is -3.36. The van der Waals surface area contributed by atoms with E-state index in [9.17, 15) is 27.9 Å². The standard InChI is InChI=1S/C45H37N3O7S/c1-56(53,54)32-21-18-29(19-22-32)20-23-37(49)55-27-26-48-43(50)40-33-28-34(45(52,31-14-6-3-7-15-31)36-17-9-11-25-47-36)41(42(40)44(48)51)39(33)38(30-12-4-2-5-13-30)35-16-8-10-24-46-35/h2-25,28,33,40-42,52H,26-27H2,1H3. The molecular formula is C45H37N3O7S. The van der Waals surface area contributed by atoms with E-state index in [1.165, 1.54) is 29.2 Å². The van der Waals surface area contributed by atoms with Crippen LogP contribution in [0.25, 0.3) is 11.6 Å². The van der Waals surface area contributed by atoms with E-state index in [0.717, 1.165) is 23.0 Å². The third-order valence-corrected chi connectivity index (χ3v) is 11.9. The number of nitrogens with zero attached hydrogens (tertiary/aromatic N) is 3. The number of pyridine rings is 2. The Morgan fingerprint density at radius 1 is 0.821 bits per heavy atom. The highest BCUT2D eigenvalue weighted by molar-refractivity contribution is 7.90. The van der Waals surface area contributed by atoms with Crippen molar-refractivity contribution in [1.82, 2.24) is 14.9 Å². The summed E-state index contributed by atoms with van der Waals surface area (Å²) in [5.74, 6) is -4.30. The second-order valence-electron chi connectivity index (χ2n) is 14.0. The van der Waals surface area contributed by atoms with Crippen LogP contribution in [-0.2, 0) is 34.6 Å². The molecule has 0 spiro atoms. The quantitative estimate of drug-likeness (QED) is 0.0780. The Balaban J connectivity index is 1.14. The lowest BCUT2D eigenvalue weighted by molar-refractivity contribution is -0.145. The third-order valence-electron chi connectivity index (χ3n) is 10.8. The van der Waals surface area contributed by atoms with E-state index in [0.29, 0.717) is 28.1 Å². The van der Waals surface area contributed by atoms with Gasteiger partial charge in [-0.25, -0.2) is 13.2 Å². The fraction of sp³-hybridized carbons (Fsp3) is 0.178. The molecule has 5 atom stereocenters. The number of aliphatic hydroxyl groups is 1. The normalized spacial score (nSPS) is 22.2. The Morgan fingerprint density at radius 3 is 2.11 bits per heavy atom. The van der Waals surface area contributed by atoms with Crippen LogP contribution in [0.4, 0.5) is 0 Å². The molecule has 280 valence electrons. The number of benzene rings is 3. The van der Waals surface area contributed by atoms with Gasteiger partial charge in [0.05, 0.1) is 34.7 Å². The van der Waals surface area contributed by atoms with Crippen LogP contribution in [0.3, 0.4) is 0 Å². The van der Waals surface area contributed by atoms with Gasteiger partial charge in [0.2, 0.25) is 11.8 Å². The number of carbonyl (C=O) groups excluding carboxylic acids is 3. The van der Waals surface area contributed by atoms with Gasteiger partial charge in [-0.1, -0.05) is 91.0 Å². The Hall–Kier alpha value is -6.30. The number of aromatic nitrogens is 2. The van der Waals surface area contributed by atoms with E-state index in [2.05, 4.69) is 4.98 Å². The molecule has 3 heterocycles. The number of hydrogen-bond donors (Lipinski definition) is 1. The molecule has 1 aliphatic heterocycles. The number of amides is 2. The van der Waals surface area contributed by atoms with Crippen molar-refractivity contribution >= 4 is 39.3 Å². The Kier molecular flexibility index (Phi) is 9.65. The van der Waals surface area contributed by atoms with Gasteiger partial charge in [-0.3, -0.25) is 24.5 Å². The van der Waals surface area contributed by atoms with Gasteiger partial charge in [0.1, 0.15) is 6.61 Å². The van der Waals surface area contributed by atoms with Gasteiger partial charge >= 0.3 is 5.97 Å². The Morgan fingerprint density at radius 2 is 1.46 bits per heavy atom. The van der Waals surface area contributed by atoms with E-state index >= 15 is 0 Å². The molecule has 5 aromatic rings. The van der Waals surface area contributed by atoms with E-state index < -0.39 is 51.0 Å². The summed E-state index contributed by atoms with van der Waals surface area (Å²) in [6.07, 6.45) is 9.10. The molecular weight excluding hydrogens is 727 g/mol. The molecule has 2 aliphatic carbocycles. The number of esters is 1. The minimum absolute atomic E-state index is 0.143. The number of ether oxygens (including phenoxy) is 1. The topological polar surface area (TPSA) is 144 Å². The van der Waals surface area contributed by atoms with E-state index in [-0.39, 0.29) is 24.0 Å². The first-order chi connectivity index (χ1) is 27.1. The van der Waals surface area contributed by atoms with Crippen molar-refractivity contribution in [3.63, 3.8) is 0 Å².